The van der Waals surface area contributed by atoms with Gasteiger partial charge in [0.2, 0.25) is 5.91 Å². The van der Waals surface area contributed by atoms with Gasteiger partial charge in [-0.25, -0.2) is 8.42 Å². The van der Waals surface area contributed by atoms with E-state index in [1.807, 2.05) is 0 Å². The molecule has 15 heavy (non-hydrogen) atoms. The van der Waals surface area contributed by atoms with Crippen molar-refractivity contribution in [3.63, 3.8) is 0 Å². The van der Waals surface area contributed by atoms with E-state index in [4.69, 9.17) is 11.6 Å². The fraction of sp³-hybridized carbons (Fsp3) is 0.889. The average molecular weight is 252 g/mol. The minimum Gasteiger partial charge on any atom is -0.342 e. The summed E-state index contributed by atoms with van der Waals surface area (Å²) in [4.78, 5) is 13.5. The Balaban J connectivity index is 1.88. The van der Waals surface area contributed by atoms with Gasteiger partial charge in [0, 0.05) is 24.9 Å². The lowest BCUT2D eigenvalue weighted by Gasteiger charge is -2.39. The van der Waals surface area contributed by atoms with Crippen LogP contribution in [0.5, 0.6) is 0 Å². The first kappa shape index (κ1) is 11.2. The minimum atomic E-state index is -2.95. The van der Waals surface area contributed by atoms with E-state index in [0.29, 0.717) is 31.3 Å². The quantitative estimate of drug-likeness (QED) is 0.655. The lowest BCUT2D eigenvalue weighted by atomic mass is 9.98. The van der Waals surface area contributed by atoms with Crippen LogP contribution in [0.1, 0.15) is 6.42 Å². The number of hydrogen-bond acceptors (Lipinski definition) is 3. The lowest BCUT2D eigenvalue weighted by molar-refractivity contribution is -0.140. The van der Waals surface area contributed by atoms with E-state index in [1.165, 1.54) is 0 Å². The number of amides is 1. The van der Waals surface area contributed by atoms with Gasteiger partial charge in [-0.15, -0.1) is 11.6 Å². The summed E-state index contributed by atoms with van der Waals surface area (Å²) in [5, 5.41) is 0. The zero-order valence-corrected chi connectivity index (χ0v) is 9.93. The number of nitrogens with zero attached hydrogens (tertiary/aromatic N) is 1. The maximum atomic E-state index is 11.8. The highest BCUT2D eigenvalue weighted by Crippen LogP contribution is 2.25. The van der Waals surface area contributed by atoms with Gasteiger partial charge < -0.3 is 4.90 Å². The molecule has 1 unspecified atom stereocenters. The molecule has 2 saturated heterocycles. The van der Waals surface area contributed by atoms with Crippen LogP contribution >= 0.6 is 11.6 Å². The number of alkyl halides is 1. The Morgan fingerprint density at radius 3 is 2.53 bits per heavy atom. The van der Waals surface area contributed by atoms with Crippen LogP contribution < -0.4 is 0 Å². The number of carbonyl (C=O) groups excluding carboxylic acids is 1. The molecule has 2 aliphatic heterocycles. The second-order valence-corrected chi connectivity index (χ2v) is 6.90. The van der Waals surface area contributed by atoms with Crippen LogP contribution in [0.25, 0.3) is 0 Å². The molecule has 2 rings (SSSR count). The van der Waals surface area contributed by atoms with Crippen molar-refractivity contribution in [3.8, 4) is 0 Å². The first-order valence-electron chi connectivity index (χ1n) is 5.07. The Bertz CT molecular complexity index is 362. The van der Waals surface area contributed by atoms with E-state index in [0.717, 1.165) is 0 Å². The van der Waals surface area contributed by atoms with E-state index in [2.05, 4.69) is 0 Å². The van der Waals surface area contributed by atoms with E-state index in [1.54, 1.807) is 4.90 Å². The standard InChI is InChI=1S/C9H14ClNO3S/c10-3-7-4-11(5-7)9(12)8-1-2-15(13,14)6-8/h7-8H,1-6H2. The highest BCUT2D eigenvalue weighted by Gasteiger charge is 2.39. The largest absolute Gasteiger partial charge is 0.342 e. The lowest BCUT2D eigenvalue weighted by Crippen LogP contribution is -2.52. The smallest absolute Gasteiger partial charge is 0.226 e. The summed E-state index contributed by atoms with van der Waals surface area (Å²) in [6.45, 7) is 1.39. The number of likely N-dealkylation sites (tertiary alicyclic amines) is 1. The average Bonchev–Trinajstić information content (AvgIpc) is 2.44. The Hall–Kier alpha value is -0.290. The summed E-state index contributed by atoms with van der Waals surface area (Å²) in [5.41, 5.74) is 0. The summed E-state index contributed by atoms with van der Waals surface area (Å²) in [5.74, 6) is 0.869. The molecular weight excluding hydrogens is 238 g/mol. The maximum Gasteiger partial charge on any atom is 0.226 e. The third kappa shape index (κ3) is 2.28. The molecule has 4 nitrogen and oxygen atoms in total. The van der Waals surface area contributed by atoms with Gasteiger partial charge in [-0.2, -0.15) is 0 Å². The normalized spacial score (nSPS) is 30.2. The second kappa shape index (κ2) is 3.94. The molecule has 0 aromatic carbocycles. The number of carbonyl (C=O) groups is 1. The van der Waals surface area contributed by atoms with Crippen LogP contribution in [-0.2, 0) is 14.6 Å². The van der Waals surface area contributed by atoms with Crippen molar-refractivity contribution < 1.29 is 13.2 Å². The molecule has 2 aliphatic rings. The van der Waals surface area contributed by atoms with Gasteiger partial charge in [0.25, 0.3) is 0 Å². The number of hydrogen-bond donors (Lipinski definition) is 0. The first-order valence-corrected chi connectivity index (χ1v) is 7.42. The Morgan fingerprint density at radius 2 is 2.07 bits per heavy atom. The maximum absolute atomic E-state index is 11.8. The fourth-order valence-electron chi connectivity index (χ4n) is 2.10. The van der Waals surface area contributed by atoms with E-state index < -0.39 is 9.84 Å². The zero-order chi connectivity index (χ0) is 11.1. The van der Waals surface area contributed by atoms with Gasteiger partial charge in [0.15, 0.2) is 9.84 Å². The number of halogens is 1. The molecule has 86 valence electrons. The SMILES string of the molecule is O=C(C1CCS(=O)(=O)C1)N1CC(CCl)C1. The van der Waals surface area contributed by atoms with Crippen molar-refractivity contribution in [2.24, 2.45) is 11.8 Å². The van der Waals surface area contributed by atoms with Crippen molar-refractivity contribution in [2.75, 3.05) is 30.5 Å². The molecular formula is C9H14ClNO3S. The molecule has 0 radical (unpaired) electrons. The van der Waals surface area contributed by atoms with Crippen LogP contribution in [0, 0.1) is 11.8 Å². The molecule has 1 atom stereocenters. The first-order chi connectivity index (χ1) is 7.02. The minimum absolute atomic E-state index is 0.00237. The third-order valence-corrected chi connectivity index (χ3v) is 5.27. The van der Waals surface area contributed by atoms with Gasteiger partial charge in [-0.05, 0) is 6.42 Å². The molecule has 0 aliphatic carbocycles. The molecule has 0 spiro atoms. The summed E-state index contributed by atoms with van der Waals surface area (Å²) < 4.78 is 22.4. The van der Waals surface area contributed by atoms with Gasteiger partial charge in [-0.3, -0.25) is 4.79 Å². The number of rotatable bonds is 2. The molecule has 2 fully saturated rings. The molecule has 0 aromatic rings. The summed E-state index contributed by atoms with van der Waals surface area (Å²) in [6, 6.07) is 0. The van der Waals surface area contributed by atoms with Gasteiger partial charge >= 0.3 is 0 Å². The van der Waals surface area contributed by atoms with Crippen molar-refractivity contribution in [1.82, 2.24) is 4.90 Å². The van der Waals surface area contributed by atoms with Crippen LogP contribution in [-0.4, -0.2) is 49.7 Å². The van der Waals surface area contributed by atoms with Crippen LogP contribution in [0.3, 0.4) is 0 Å². The Labute approximate surface area is 94.5 Å². The number of sulfone groups is 1. The topological polar surface area (TPSA) is 54.5 Å². The van der Waals surface area contributed by atoms with Crippen molar-refractivity contribution in [2.45, 2.75) is 6.42 Å². The van der Waals surface area contributed by atoms with Gasteiger partial charge in [-0.1, -0.05) is 0 Å². The Kier molecular flexibility index (Phi) is 2.94. The molecule has 0 aromatic heterocycles. The van der Waals surface area contributed by atoms with E-state index >= 15 is 0 Å². The van der Waals surface area contributed by atoms with Crippen molar-refractivity contribution in [1.29, 1.82) is 0 Å². The van der Waals surface area contributed by atoms with Crippen molar-refractivity contribution in [3.05, 3.63) is 0 Å². The fourth-order valence-corrected chi connectivity index (χ4v) is 4.02. The monoisotopic (exact) mass is 251 g/mol. The molecule has 0 bridgehead atoms. The van der Waals surface area contributed by atoms with Gasteiger partial charge in [0.1, 0.15) is 0 Å². The van der Waals surface area contributed by atoms with Crippen LogP contribution in [0.4, 0.5) is 0 Å². The molecule has 0 saturated carbocycles. The molecule has 2 heterocycles. The zero-order valence-electron chi connectivity index (χ0n) is 8.36. The molecule has 6 heteroatoms. The third-order valence-electron chi connectivity index (χ3n) is 3.07. The predicted octanol–water partition coefficient (Wildman–Crippen LogP) is 0.118. The highest BCUT2D eigenvalue weighted by molar-refractivity contribution is 7.91. The van der Waals surface area contributed by atoms with Gasteiger partial charge in [0.05, 0.1) is 17.4 Å². The summed E-state index contributed by atoms with van der Waals surface area (Å²) in [7, 11) is -2.95. The molecule has 0 N–H and O–H groups in total. The van der Waals surface area contributed by atoms with Crippen LogP contribution in [0.2, 0.25) is 0 Å². The van der Waals surface area contributed by atoms with Crippen molar-refractivity contribution >= 4 is 27.3 Å². The predicted molar refractivity (Wildman–Crippen MR) is 57.6 cm³/mol. The molecule has 1 amide bonds. The summed E-state index contributed by atoms with van der Waals surface area (Å²) >= 11 is 5.64. The Morgan fingerprint density at radius 1 is 1.40 bits per heavy atom. The summed E-state index contributed by atoms with van der Waals surface area (Å²) in [6.07, 6.45) is 0.489. The van der Waals surface area contributed by atoms with E-state index in [9.17, 15) is 13.2 Å². The highest BCUT2D eigenvalue weighted by atomic mass is 35.5. The van der Waals surface area contributed by atoms with Crippen LogP contribution in [0.15, 0.2) is 0 Å². The van der Waals surface area contributed by atoms with E-state index in [-0.39, 0.29) is 23.3 Å². The second-order valence-electron chi connectivity index (χ2n) is 4.36.